The minimum atomic E-state index is -0.154. The Morgan fingerprint density at radius 2 is 2.47 bits per heavy atom. The topological polar surface area (TPSA) is 88.1 Å². The Bertz CT molecular complexity index is 430. The zero-order chi connectivity index (χ0) is 12.3. The quantitative estimate of drug-likeness (QED) is 0.796. The van der Waals surface area contributed by atoms with Crippen LogP contribution in [0.15, 0.2) is 12.3 Å². The first-order valence-corrected chi connectivity index (χ1v) is 5.50. The maximum atomic E-state index is 9.09. The van der Waals surface area contributed by atoms with Crippen LogP contribution in [0, 0.1) is 17.2 Å². The van der Waals surface area contributed by atoms with Crippen LogP contribution in [-0.4, -0.2) is 36.3 Å². The first-order chi connectivity index (χ1) is 8.24. The van der Waals surface area contributed by atoms with Crippen molar-refractivity contribution in [3.8, 4) is 6.07 Å². The molecule has 2 N–H and O–H groups in total. The first kappa shape index (κ1) is 11.6. The highest BCUT2D eigenvalue weighted by Gasteiger charge is 2.30. The predicted molar refractivity (Wildman–Crippen MR) is 63.2 cm³/mol. The molecule has 0 aliphatic carbocycles. The second-order valence-electron chi connectivity index (χ2n) is 4.03. The second-order valence-corrected chi connectivity index (χ2v) is 4.03. The van der Waals surface area contributed by atoms with Crippen molar-refractivity contribution in [1.82, 2.24) is 9.97 Å². The van der Waals surface area contributed by atoms with Crippen molar-refractivity contribution in [2.45, 2.75) is 12.5 Å². The minimum Gasteiger partial charge on any atom is -0.384 e. The monoisotopic (exact) mass is 233 g/mol. The molecule has 0 aromatic carbocycles. The van der Waals surface area contributed by atoms with Crippen LogP contribution in [0.1, 0.15) is 6.42 Å². The summed E-state index contributed by atoms with van der Waals surface area (Å²) in [6.07, 6.45) is 2.42. The van der Waals surface area contributed by atoms with Crippen LogP contribution in [0.3, 0.4) is 0 Å². The van der Waals surface area contributed by atoms with E-state index in [0.29, 0.717) is 18.3 Å². The molecule has 90 valence electrons. The van der Waals surface area contributed by atoms with Gasteiger partial charge in [0.15, 0.2) is 0 Å². The van der Waals surface area contributed by atoms with Gasteiger partial charge < -0.3 is 15.4 Å². The molecule has 6 nitrogen and oxygen atoms in total. The number of nitrogen functional groups attached to an aromatic ring is 1. The van der Waals surface area contributed by atoms with Crippen LogP contribution in [-0.2, 0) is 4.74 Å². The third-order valence-corrected chi connectivity index (χ3v) is 2.97. The van der Waals surface area contributed by atoms with E-state index in [1.165, 1.54) is 0 Å². The number of nitrogens with two attached hydrogens (primary N) is 1. The van der Waals surface area contributed by atoms with Crippen LogP contribution < -0.4 is 10.6 Å². The van der Waals surface area contributed by atoms with Crippen LogP contribution in [0.4, 0.5) is 11.8 Å². The Kier molecular flexibility index (Phi) is 3.40. The zero-order valence-electron chi connectivity index (χ0n) is 9.71. The molecule has 1 saturated heterocycles. The van der Waals surface area contributed by atoms with Gasteiger partial charge in [-0.15, -0.1) is 0 Å². The normalized spacial score (nSPS) is 24.4. The van der Waals surface area contributed by atoms with Gasteiger partial charge in [-0.25, -0.2) is 4.98 Å². The molecule has 6 heteroatoms. The van der Waals surface area contributed by atoms with Crippen LogP contribution in [0.25, 0.3) is 0 Å². The molecule has 0 amide bonds. The molecular formula is C11H15N5O. The molecule has 0 radical (unpaired) electrons. The highest BCUT2D eigenvalue weighted by molar-refractivity contribution is 5.38. The van der Waals surface area contributed by atoms with Gasteiger partial charge in [0.2, 0.25) is 5.95 Å². The molecule has 1 aromatic heterocycles. The number of rotatable bonds is 2. The van der Waals surface area contributed by atoms with Gasteiger partial charge in [-0.05, 0) is 12.5 Å². The van der Waals surface area contributed by atoms with Crippen LogP contribution >= 0.6 is 0 Å². The van der Waals surface area contributed by atoms with Gasteiger partial charge in [0.25, 0.3) is 0 Å². The molecule has 0 unspecified atom stereocenters. The SMILES string of the molecule is CO[C@H]1CCN(c2nccc(N)n2)C[C@H]1C#N. The van der Waals surface area contributed by atoms with Gasteiger partial charge in [0, 0.05) is 26.4 Å². The van der Waals surface area contributed by atoms with E-state index in [4.69, 9.17) is 15.7 Å². The van der Waals surface area contributed by atoms with Gasteiger partial charge in [-0.1, -0.05) is 0 Å². The highest BCUT2D eigenvalue weighted by Crippen LogP contribution is 2.22. The Morgan fingerprint density at radius 1 is 1.65 bits per heavy atom. The Morgan fingerprint density at radius 3 is 3.12 bits per heavy atom. The van der Waals surface area contributed by atoms with Gasteiger partial charge in [0.05, 0.1) is 18.1 Å². The lowest BCUT2D eigenvalue weighted by Gasteiger charge is -2.34. The number of ether oxygens (including phenoxy) is 1. The molecule has 1 aromatic rings. The van der Waals surface area contributed by atoms with Crippen molar-refractivity contribution in [2.24, 2.45) is 5.92 Å². The standard InChI is InChI=1S/C11H15N5O/c1-17-9-3-5-16(7-8(9)6-12)11-14-4-2-10(13)15-11/h2,4,8-9H,3,5,7H2,1H3,(H2,13,14,15)/t8-,9+/m1/s1. The number of hydrogen-bond donors (Lipinski definition) is 1. The molecule has 2 heterocycles. The van der Waals surface area contributed by atoms with Crippen molar-refractivity contribution in [3.63, 3.8) is 0 Å². The second kappa shape index (κ2) is 4.97. The first-order valence-electron chi connectivity index (χ1n) is 5.50. The average molecular weight is 233 g/mol. The molecule has 0 spiro atoms. The van der Waals surface area contributed by atoms with E-state index >= 15 is 0 Å². The van der Waals surface area contributed by atoms with Crippen LogP contribution in [0.5, 0.6) is 0 Å². The van der Waals surface area contributed by atoms with Gasteiger partial charge >= 0.3 is 0 Å². The smallest absolute Gasteiger partial charge is 0.227 e. The van der Waals surface area contributed by atoms with E-state index in [9.17, 15) is 0 Å². The third-order valence-electron chi connectivity index (χ3n) is 2.97. The number of anilines is 2. The predicted octanol–water partition coefficient (Wildman–Crippen LogP) is 0.424. The Balaban J connectivity index is 2.12. The van der Waals surface area contributed by atoms with Crippen molar-refractivity contribution in [3.05, 3.63) is 12.3 Å². The van der Waals surface area contributed by atoms with E-state index in [1.54, 1.807) is 19.4 Å². The molecule has 1 fully saturated rings. The molecule has 0 bridgehead atoms. The zero-order valence-corrected chi connectivity index (χ0v) is 9.71. The minimum absolute atomic E-state index is 0.00249. The summed E-state index contributed by atoms with van der Waals surface area (Å²) >= 11 is 0. The third kappa shape index (κ3) is 2.45. The van der Waals surface area contributed by atoms with Gasteiger partial charge in [0.1, 0.15) is 5.82 Å². The number of nitrogens with zero attached hydrogens (tertiary/aromatic N) is 4. The lowest BCUT2D eigenvalue weighted by atomic mass is 9.96. The van der Waals surface area contributed by atoms with E-state index < -0.39 is 0 Å². The Labute approximate surface area is 100 Å². The molecule has 2 rings (SSSR count). The number of aromatic nitrogens is 2. The van der Waals surface area contributed by atoms with E-state index in [-0.39, 0.29) is 12.0 Å². The number of nitriles is 1. The summed E-state index contributed by atoms with van der Waals surface area (Å²) in [6.45, 7) is 1.36. The van der Waals surface area contributed by atoms with Crippen molar-refractivity contribution in [1.29, 1.82) is 5.26 Å². The summed E-state index contributed by atoms with van der Waals surface area (Å²) in [5.41, 5.74) is 5.62. The summed E-state index contributed by atoms with van der Waals surface area (Å²) in [4.78, 5) is 10.3. The van der Waals surface area contributed by atoms with Crippen LogP contribution in [0.2, 0.25) is 0 Å². The lowest BCUT2D eigenvalue weighted by molar-refractivity contribution is 0.0566. The molecule has 1 aliphatic rings. The fourth-order valence-corrected chi connectivity index (χ4v) is 2.03. The van der Waals surface area contributed by atoms with E-state index in [1.807, 2.05) is 4.90 Å². The molecule has 1 aliphatic heterocycles. The fourth-order valence-electron chi connectivity index (χ4n) is 2.03. The summed E-state index contributed by atoms with van der Waals surface area (Å²) in [5.74, 6) is 0.871. The Hall–Kier alpha value is -1.87. The van der Waals surface area contributed by atoms with E-state index in [2.05, 4.69) is 16.0 Å². The summed E-state index contributed by atoms with van der Waals surface area (Å²) < 4.78 is 5.29. The van der Waals surface area contributed by atoms with E-state index in [0.717, 1.165) is 13.0 Å². The number of piperidine rings is 1. The van der Waals surface area contributed by atoms with Gasteiger partial charge in [-0.3, -0.25) is 0 Å². The molecule has 17 heavy (non-hydrogen) atoms. The number of hydrogen-bond acceptors (Lipinski definition) is 6. The van der Waals surface area contributed by atoms with Crippen molar-refractivity contribution in [2.75, 3.05) is 30.8 Å². The van der Waals surface area contributed by atoms with Crippen molar-refractivity contribution >= 4 is 11.8 Å². The summed E-state index contributed by atoms with van der Waals surface area (Å²) in [6, 6.07) is 3.91. The maximum absolute atomic E-state index is 9.09. The summed E-state index contributed by atoms with van der Waals surface area (Å²) in [7, 11) is 1.64. The van der Waals surface area contributed by atoms with Crippen molar-refractivity contribution < 1.29 is 4.74 Å². The lowest BCUT2D eigenvalue weighted by Crippen LogP contribution is -2.44. The largest absolute Gasteiger partial charge is 0.384 e. The molecule has 0 saturated carbocycles. The summed E-state index contributed by atoms with van der Waals surface area (Å²) in [5, 5.41) is 9.09. The van der Waals surface area contributed by atoms with Gasteiger partial charge in [-0.2, -0.15) is 10.2 Å². The molecule has 2 atom stereocenters. The fraction of sp³-hybridized carbons (Fsp3) is 0.545. The highest BCUT2D eigenvalue weighted by atomic mass is 16.5. The molecular weight excluding hydrogens is 218 g/mol. The maximum Gasteiger partial charge on any atom is 0.227 e. The average Bonchev–Trinajstić information content (AvgIpc) is 2.38. The number of methoxy groups -OCH3 is 1.